The van der Waals surface area contributed by atoms with Gasteiger partial charge in [0.1, 0.15) is 35.7 Å². The number of benzene rings is 2. The average Bonchev–Trinajstić information content (AvgIpc) is 3.75. The number of thioether (sulfide) groups is 1. The first-order chi connectivity index (χ1) is 29.5. The topological polar surface area (TPSA) is 311 Å². The van der Waals surface area contributed by atoms with Crippen molar-refractivity contribution in [3.8, 4) is 0 Å². The molecule has 1 aliphatic heterocycles. The van der Waals surface area contributed by atoms with Crippen molar-refractivity contribution < 1.29 is 43.2 Å². The number of nitrogens with one attached hydrogen (secondary N) is 6. The second-order valence-electron chi connectivity index (χ2n) is 15.6. The molecule has 19 nitrogen and oxygen atoms in total. The molecule has 2 heterocycles. The second-order valence-corrected chi connectivity index (χ2v) is 16.9. The van der Waals surface area contributed by atoms with Gasteiger partial charge in [-0.25, -0.2) is 9.69 Å². The van der Waals surface area contributed by atoms with Crippen LogP contribution in [0.4, 0.5) is 4.79 Å². The third kappa shape index (κ3) is 11.5. The molecule has 5 rings (SSSR count). The van der Waals surface area contributed by atoms with Gasteiger partial charge in [0.2, 0.25) is 41.4 Å². The standard InChI is InChI=1S/C42H54N10O9S/c1-3-27(36(56)49-29(35(45)55)19-25-21-46-28-15-9-8-14-26(25)28)48-37(57)30(18-24-12-6-4-7-13-24)50-39(59)32(20-33(43)53)62-22-31(38(58)47-23(2)34(44)54)52-40(60)42(51-41(52)61)16-10-5-11-17-42/h4,6-9,12-15,21,23,27,29-32,46H,3,5,10-11,16-20,22H2,1-2H3,(H2,43,53)(H2,44,54)(H2,45,55)(H,47,58)(H,48,57)(H,49,56)(H,50,59)(H,51,61)/t23-,27+,29+,30-,31+,32?/m1/s1. The maximum absolute atomic E-state index is 14.1. The summed E-state index contributed by atoms with van der Waals surface area (Å²) in [6.45, 7) is 2.97. The molecule has 0 radical (unpaired) electrons. The maximum Gasteiger partial charge on any atom is 0.325 e. The van der Waals surface area contributed by atoms with E-state index in [0.717, 1.165) is 39.5 Å². The molecule has 1 saturated heterocycles. The molecule has 1 saturated carbocycles. The van der Waals surface area contributed by atoms with Crippen LogP contribution in [0.1, 0.15) is 69.9 Å². The summed E-state index contributed by atoms with van der Waals surface area (Å²) in [6.07, 6.45) is 4.19. The minimum absolute atomic E-state index is 0.0601. The number of hydrogen-bond donors (Lipinski definition) is 9. The van der Waals surface area contributed by atoms with E-state index in [4.69, 9.17) is 17.2 Å². The lowest BCUT2D eigenvalue weighted by Gasteiger charge is -2.32. The van der Waals surface area contributed by atoms with Gasteiger partial charge in [-0.15, -0.1) is 11.8 Å². The van der Waals surface area contributed by atoms with E-state index in [2.05, 4.69) is 31.6 Å². The molecule has 6 atom stereocenters. The largest absolute Gasteiger partial charge is 0.370 e. The van der Waals surface area contributed by atoms with Crippen molar-refractivity contribution in [2.24, 2.45) is 17.2 Å². The molecule has 1 spiro atoms. The van der Waals surface area contributed by atoms with E-state index in [-0.39, 0.29) is 19.3 Å². The minimum Gasteiger partial charge on any atom is -0.370 e. The molecule has 12 N–H and O–H groups in total. The Balaban J connectivity index is 1.34. The van der Waals surface area contributed by atoms with Crippen molar-refractivity contribution in [1.82, 2.24) is 36.5 Å². The highest BCUT2D eigenvalue weighted by atomic mass is 32.2. The Hall–Kier alpha value is -6.44. The summed E-state index contributed by atoms with van der Waals surface area (Å²) in [6, 6.07) is 8.92. The molecule has 2 fully saturated rings. The monoisotopic (exact) mass is 874 g/mol. The Bertz CT molecular complexity index is 2180. The van der Waals surface area contributed by atoms with E-state index in [1.54, 1.807) is 43.5 Å². The molecule has 1 unspecified atom stereocenters. The van der Waals surface area contributed by atoms with E-state index in [9.17, 15) is 43.2 Å². The molecule has 10 amide bonds. The molecule has 2 aliphatic rings. The number of para-hydroxylation sites is 1. The lowest BCUT2D eigenvalue weighted by molar-refractivity contribution is -0.139. The quantitative estimate of drug-likeness (QED) is 0.0640. The van der Waals surface area contributed by atoms with Crippen molar-refractivity contribution in [2.45, 2.75) is 113 Å². The van der Waals surface area contributed by atoms with Crippen LogP contribution in [-0.2, 0) is 51.2 Å². The number of hydrogen-bond acceptors (Lipinski definition) is 10. The van der Waals surface area contributed by atoms with Gasteiger partial charge in [0.05, 0.1) is 5.25 Å². The highest BCUT2D eigenvalue weighted by molar-refractivity contribution is 8.00. The van der Waals surface area contributed by atoms with E-state index >= 15 is 0 Å². The normalized spacial score (nSPS) is 17.5. The number of aromatic nitrogens is 1. The fraction of sp³-hybridized carbons (Fsp3) is 0.452. The number of primary amides is 3. The lowest BCUT2D eigenvalue weighted by atomic mass is 9.81. The first-order valence-electron chi connectivity index (χ1n) is 20.5. The van der Waals surface area contributed by atoms with Crippen molar-refractivity contribution in [3.05, 3.63) is 71.9 Å². The number of urea groups is 1. The van der Waals surface area contributed by atoms with Gasteiger partial charge in [-0.2, -0.15) is 0 Å². The van der Waals surface area contributed by atoms with Gasteiger partial charge in [-0.1, -0.05) is 74.7 Å². The van der Waals surface area contributed by atoms with Crippen LogP contribution in [0, 0.1) is 0 Å². The van der Waals surface area contributed by atoms with E-state index in [0.29, 0.717) is 31.2 Å². The number of nitrogens with two attached hydrogens (primary N) is 3. The number of imide groups is 1. The van der Waals surface area contributed by atoms with Gasteiger partial charge in [0.15, 0.2) is 0 Å². The zero-order valence-corrected chi connectivity index (χ0v) is 35.4. The summed E-state index contributed by atoms with van der Waals surface area (Å²) in [7, 11) is 0. The number of amides is 10. The summed E-state index contributed by atoms with van der Waals surface area (Å²) >= 11 is 0.745. The van der Waals surface area contributed by atoms with Crippen LogP contribution in [-0.4, -0.2) is 110 Å². The first-order valence-corrected chi connectivity index (χ1v) is 21.5. The van der Waals surface area contributed by atoms with Crippen LogP contribution < -0.4 is 43.8 Å². The lowest BCUT2D eigenvalue weighted by Crippen LogP contribution is -2.58. The van der Waals surface area contributed by atoms with E-state index in [1.807, 2.05) is 24.3 Å². The number of nitrogens with zero attached hydrogens (tertiary/aromatic N) is 1. The number of aromatic amines is 1. The van der Waals surface area contributed by atoms with Gasteiger partial charge in [0, 0.05) is 42.1 Å². The fourth-order valence-electron chi connectivity index (χ4n) is 7.65. The summed E-state index contributed by atoms with van der Waals surface area (Å²) in [4.78, 5) is 123. The third-order valence-corrected chi connectivity index (χ3v) is 12.4. The Kier molecular flexibility index (Phi) is 15.7. The average molecular weight is 875 g/mol. The molecule has 1 aliphatic carbocycles. The molecular formula is C42H54N10O9S. The highest BCUT2D eigenvalue weighted by Crippen LogP contribution is 2.35. The predicted octanol–water partition coefficient (Wildman–Crippen LogP) is -0.107. The number of fused-ring (bicyclic) bond motifs is 1. The van der Waals surface area contributed by atoms with Crippen LogP contribution in [0.3, 0.4) is 0 Å². The summed E-state index contributed by atoms with van der Waals surface area (Å²) in [5.41, 5.74) is 17.6. The van der Waals surface area contributed by atoms with Crippen LogP contribution in [0.2, 0.25) is 0 Å². The van der Waals surface area contributed by atoms with Crippen molar-refractivity contribution in [2.75, 3.05) is 5.75 Å². The molecule has 1 aromatic heterocycles. The van der Waals surface area contributed by atoms with Gasteiger partial charge < -0.3 is 48.8 Å². The van der Waals surface area contributed by atoms with Gasteiger partial charge in [-0.05, 0) is 43.4 Å². The SMILES string of the molecule is CC[C@H](NC(=O)[C@@H](Cc1ccccc1)NC(=O)C(CC(N)=O)SC[C@@H](C(=O)N[C@H](C)C(N)=O)N1C(=O)NC2(CCCCC2)C1=O)C(=O)N[C@@H](Cc1c[nH]c2ccccc12)C(N)=O. The van der Waals surface area contributed by atoms with Crippen molar-refractivity contribution >= 4 is 76.0 Å². The molecule has 0 bridgehead atoms. The highest BCUT2D eigenvalue weighted by Gasteiger charge is 2.54. The maximum atomic E-state index is 14.1. The Labute approximate surface area is 362 Å². The number of carbonyl (C=O) groups is 9. The van der Waals surface area contributed by atoms with Crippen molar-refractivity contribution in [3.63, 3.8) is 0 Å². The predicted molar refractivity (Wildman–Crippen MR) is 229 cm³/mol. The van der Waals surface area contributed by atoms with Gasteiger partial charge >= 0.3 is 6.03 Å². The number of H-pyrrole nitrogens is 1. The first kappa shape index (κ1) is 46.6. The van der Waals surface area contributed by atoms with Crippen LogP contribution in [0.15, 0.2) is 60.8 Å². The summed E-state index contributed by atoms with van der Waals surface area (Å²) in [5.74, 6) is -6.81. The van der Waals surface area contributed by atoms with Gasteiger partial charge in [-0.3, -0.25) is 38.4 Å². The van der Waals surface area contributed by atoms with E-state index < -0.39 is 106 Å². The Morgan fingerprint density at radius 3 is 2.03 bits per heavy atom. The molecule has 20 heteroatoms. The molecule has 3 aromatic rings. The summed E-state index contributed by atoms with van der Waals surface area (Å²) in [5, 5.41) is 12.7. The Morgan fingerprint density at radius 2 is 1.39 bits per heavy atom. The zero-order valence-electron chi connectivity index (χ0n) is 34.6. The van der Waals surface area contributed by atoms with Crippen LogP contribution in [0.5, 0.6) is 0 Å². The number of rotatable bonds is 21. The third-order valence-electron chi connectivity index (χ3n) is 11.2. The smallest absolute Gasteiger partial charge is 0.325 e. The van der Waals surface area contributed by atoms with Gasteiger partial charge in [0.25, 0.3) is 5.91 Å². The van der Waals surface area contributed by atoms with Crippen molar-refractivity contribution in [1.29, 1.82) is 0 Å². The van der Waals surface area contributed by atoms with Crippen LogP contribution >= 0.6 is 11.8 Å². The molecular weight excluding hydrogens is 821 g/mol. The Morgan fingerprint density at radius 1 is 0.758 bits per heavy atom. The zero-order chi connectivity index (χ0) is 45.1. The second kappa shape index (κ2) is 20.9. The molecule has 62 heavy (non-hydrogen) atoms. The minimum atomic E-state index is -1.55. The molecule has 2 aromatic carbocycles. The molecule has 332 valence electrons. The van der Waals surface area contributed by atoms with E-state index in [1.165, 1.54) is 6.92 Å². The fourth-order valence-corrected chi connectivity index (χ4v) is 8.87. The summed E-state index contributed by atoms with van der Waals surface area (Å²) < 4.78 is 0. The number of carbonyl (C=O) groups excluding carboxylic acids is 9. The van der Waals surface area contributed by atoms with Crippen LogP contribution in [0.25, 0.3) is 10.9 Å².